The molecule has 0 aliphatic rings. The van der Waals surface area contributed by atoms with Crippen molar-refractivity contribution in [1.29, 1.82) is 0 Å². The molecule has 1 atom stereocenters. The summed E-state index contributed by atoms with van der Waals surface area (Å²) in [5.74, 6) is -1.76. The van der Waals surface area contributed by atoms with E-state index in [2.05, 4.69) is 15.4 Å². The molecule has 7 heteroatoms. The van der Waals surface area contributed by atoms with Crippen molar-refractivity contribution in [2.24, 2.45) is 0 Å². The second-order valence-electron chi connectivity index (χ2n) is 6.46. The molecule has 0 radical (unpaired) electrons. The van der Waals surface area contributed by atoms with Gasteiger partial charge in [0, 0.05) is 23.3 Å². The maximum atomic E-state index is 12.5. The van der Waals surface area contributed by atoms with Crippen LogP contribution in [0.15, 0.2) is 42.7 Å². The molecule has 0 saturated carbocycles. The van der Waals surface area contributed by atoms with Crippen LogP contribution in [0, 0.1) is 0 Å². The van der Waals surface area contributed by atoms with Crippen LogP contribution in [0.25, 0.3) is 11.0 Å². The normalized spacial score (nSPS) is 12.3. The summed E-state index contributed by atoms with van der Waals surface area (Å²) in [5, 5.41) is 16.9. The number of rotatable bonds is 5. The van der Waals surface area contributed by atoms with Crippen molar-refractivity contribution in [1.82, 2.24) is 14.8 Å². The van der Waals surface area contributed by atoms with Gasteiger partial charge in [0.2, 0.25) is 0 Å². The lowest BCUT2D eigenvalue weighted by Crippen LogP contribution is -2.13. The molecule has 2 N–H and O–H groups in total. The van der Waals surface area contributed by atoms with Crippen LogP contribution in [0.4, 0.5) is 5.69 Å². The SMILES string of the molecule is CC(C(=O)O)c1ccc(NC(=O)c2cnc3c(cnn3C(C)C)c2)cc1. The first-order valence-corrected chi connectivity index (χ1v) is 8.34. The molecule has 1 unspecified atom stereocenters. The zero-order valence-corrected chi connectivity index (χ0v) is 14.8. The Bertz CT molecular complexity index is 961. The molecule has 3 rings (SSSR count). The predicted octanol–water partition coefficient (Wildman–Crippen LogP) is 3.45. The Morgan fingerprint density at radius 3 is 2.42 bits per heavy atom. The first-order valence-electron chi connectivity index (χ1n) is 8.34. The Kier molecular flexibility index (Phi) is 4.71. The van der Waals surface area contributed by atoms with Crippen molar-refractivity contribution in [3.8, 4) is 0 Å². The number of hydrogen-bond acceptors (Lipinski definition) is 4. The quantitative estimate of drug-likeness (QED) is 0.733. The number of hydrogen-bond donors (Lipinski definition) is 2. The second-order valence-corrected chi connectivity index (χ2v) is 6.46. The van der Waals surface area contributed by atoms with E-state index in [4.69, 9.17) is 5.11 Å². The number of benzene rings is 1. The van der Waals surface area contributed by atoms with Crippen molar-refractivity contribution >= 4 is 28.6 Å². The van der Waals surface area contributed by atoms with Gasteiger partial charge in [-0.2, -0.15) is 5.10 Å². The highest BCUT2D eigenvalue weighted by Gasteiger charge is 2.14. The Hall–Kier alpha value is -3.22. The molecule has 3 aromatic rings. The lowest BCUT2D eigenvalue weighted by atomic mass is 10.0. The van der Waals surface area contributed by atoms with Gasteiger partial charge < -0.3 is 10.4 Å². The molecule has 26 heavy (non-hydrogen) atoms. The number of carbonyl (C=O) groups excluding carboxylic acids is 1. The monoisotopic (exact) mass is 352 g/mol. The Balaban J connectivity index is 1.77. The van der Waals surface area contributed by atoms with Crippen LogP contribution in [-0.4, -0.2) is 31.7 Å². The summed E-state index contributed by atoms with van der Waals surface area (Å²) in [7, 11) is 0. The molecule has 134 valence electrons. The van der Waals surface area contributed by atoms with Crippen LogP contribution < -0.4 is 5.32 Å². The van der Waals surface area contributed by atoms with Gasteiger partial charge in [-0.3, -0.25) is 9.59 Å². The second kappa shape index (κ2) is 6.95. The van der Waals surface area contributed by atoms with E-state index in [-0.39, 0.29) is 11.9 Å². The standard InChI is InChI=1S/C19H20N4O3/c1-11(2)23-17-14(10-21-23)8-15(9-20-17)18(24)22-16-6-4-13(5-7-16)12(3)19(25)26/h4-12H,1-3H3,(H,22,24)(H,25,26). The fraction of sp³-hybridized carbons (Fsp3) is 0.263. The number of aromatic nitrogens is 3. The fourth-order valence-corrected chi connectivity index (χ4v) is 2.64. The number of aliphatic carboxylic acids is 1. The molecule has 1 aromatic carbocycles. The summed E-state index contributed by atoms with van der Waals surface area (Å²) in [5.41, 5.74) is 2.45. The zero-order valence-electron chi connectivity index (χ0n) is 14.8. The van der Waals surface area contributed by atoms with Gasteiger partial charge >= 0.3 is 5.97 Å². The van der Waals surface area contributed by atoms with Crippen molar-refractivity contribution in [2.45, 2.75) is 32.7 Å². The van der Waals surface area contributed by atoms with Crippen LogP contribution in [0.2, 0.25) is 0 Å². The van der Waals surface area contributed by atoms with Crippen LogP contribution in [0.3, 0.4) is 0 Å². The maximum absolute atomic E-state index is 12.5. The third-order valence-electron chi connectivity index (χ3n) is 4.22. The highest BCUT2D eigenvalue weighted by molar-refractivity contribution is 6.05. The molecular formula is C19H20N4O3. The summed E-state index contributed by atoms with van der Waals surface area (Å²) >= 11 is 0. The summed E-state index contributed by atoms with van der Waals surface area (Å²) in [6.07, 6.45) is 3.22. The molecule has 0 aliphatic carbocycles. The van der Waals surface area contributed by atoms with E-state index in [1.165, 1.54) is 6.20 Å². The number of nitrogens with one attached hydrogen (secondary N) is 1. The Morgan fingerprint density at radius 2 is 1.81 bits per heavy atom. The average molecular weight is 352 g/mol. The predicted molar refractivity (Wildman–Crippen MR) is 98.4 cm³/mol. The number of carbonyl (C=O) groups is 2. The van der Waals surface area contributed by atoms with E-state index in [0.717, 1.165) is 11.0 Å². The number of carboxylic acids is 1. The number of amides is 1. The van der Waals surface area contributed by atoms with Crippen molar-refractivity contribution in [3.63, 3.8) is 0 Å². The highest BCUT2D eigenvalue weighted by atomic mass is 16.4. The number of carboxylic acid groups (broad SMARTS) is 1. The van der Waals surface area contributed by atoms with Gasteiger partial charge in [-0.15, -0.1) is 0 Å². The number of fused-ring (bicyclic) bond motifs is 1. The first-order chi connectivity index (χ1) is 12.4. The van der Waals surface area contributed by atoms with E-state index in [0.29, 0.717) is 16.8 Å². The summed E-state index contributed by atoms with van der Waals surface area (Å²) in [6, 6.07) is 8.71. The number of pyridine rings is 1. The third-order valence-corrected chi connectivity index (χ3v) is 4.22. The maximum Gasteiger partial charge on any atom is 0.310 e. The van der Waals surface area contributed by atoms with Gasteiger partial charge in [0.05, 0.1) is 17.7 Å². The molecule has 0 spiro atoms. The van der Waals surface area contributed by atoms with Gasteiger partial charge in [0.15, 0.2) is 5.65 Å². The molecule has 1 amide bonds. The van der Waals surface area contributed by atoms with E-state index < -0.39 is 11.9 Å². The van der Waals surface area contributed by atoms with Gasteiger partial charge in [-0.05, 0) is 44.5 Å². The molecule has 0 fully saturated rings. The van der Waals surface area contributed by atoms with E-state index in [1.54, 1.807) is 48.1 Å². The van der Waals surface area contributed by atoms with Crippen LogP contribution in [0.1, 0.15) is 48.7 Å². The average Bonchev–Trinajstić information content (AvgIpc) is 3.05. The summed E-state index contributed by atoms with van der Waals surface area (Å²) < 4.78 is 1.80. The Labute approximate surface area is 150 Å². The molecular weight excluding hydrogens is 332 g/mol. The largest absolute Gasteiger partial charge is 0.481 e. The van der Waals surface area contributed by atoms with Crippen molar-refractivity contribution < 1.29 is 14.7 Å². The molecule has 2 aromatic heterocycles. The minimum atomic E-state index is -0.886. The minimum Gasteiger partial charge on any atom is -0.481 e. The lowest BCUT2D eigenvalue weighted by Gasteiger charge is -2.09. The summed E-state index contributed by atoms with van der Waals surface area (Å²) in [4.78, 5) is 27.8. The van der Waals surface area contributed by atoms with Gasteiger partial charge in [-0.1, -0.05) is 12.1 Å². The molecule has 7 nitrogen and oxygen atoms in total. The zero-order chi connectivity index (χ0) is 18.8. The van der Waals surface area contributed by atoms with Crippen LogP contribution in [-0.2, 0) is 4.79 Å². The van der Waals surface area contributed by atoms with Crippen molar-refractivity contribution in [2.75, 3.05) is 5.32 Å². The minimum absolute atomic E-state index is 0.186. The van der Waals surface area contributed by atoms with E-state index in [1.807, 2.05) is 13.8 Å². The van der Waals surface area contributed by atoms with Gasteiger partial charge in [-0.25, -0.2) is 9.67 Å². The van der Waals surface area contributed by atoms with Gasteiger partial charge in [0.1, 0.15) is 0 Å². The molecule has 0 bridgehead atoms. The number of nitrogens with zero attached hydrogens (tertiary/aromatic N) is 3. The summed E-state index contributed by atoms with van der Waals surface area (Å²) in [6.45, 7) is 5.65. The van der Waals surface area contributed by atoms with Crippen LogP contribution >= 0.6 is 0 Å². The number of anilines is 1. The fourth-order valence-electron chi connectivity index (χ4n) is 2.64. The topological polar surface area (TPSA) is 97.1 Å². The third kappa shape index (κ3) is 3.42. The smallest absolute Gasteiger partial charge is 0.310 e. The van der Waals surface area contributed by atoms with Crippen molar-refractivity contribution in [3.05, 3.63) is 53.9 Å². The Morgan fingerprint density at radius 1 is 1.12 bits per heavy atom. The first kappa shape index (κ1) is 17.6. The molecule has 0 saturated heterocycles. The van der Waals surface area contributed by atoms with E-state index >= 15 is 0 Å². The van der Waals surface area contributed by atoms with Crippen LogP contribution in [0.5, 0.6) is 0 Å². The highest BCUT2D eigenvalue weighted by Crippen LogP contribution is 2.20. The molecule has 2 heterocycles. The lowest BCUT2D eigenvalue weighted by molar-refractivity contribution is -0.138. The van der Waals surface area contributed by atoms with E-state index in [9.17, 15) is 9.59 Å². The molecule has 0 aliphatic heterocycles. The van der Waals surface area contributed by atoms with Gasteiger partial charge in [0.25, 0.3) is 5.91 Å².